The predicted molar refractivity (Wildman–Crippen MR) is 83.1 cm³/mol. The largest absolute Gasteiger partial charge is 0.395 e. The number of anilines is 2. The number of nitrogen functional groups attached to an aromatic ring is 2. The van der Waals surface area contributed by atoms with Crippen LogP contribution in [0.2, 0.25) is 0 Å². The van der Waals surface area contributed by atoms with Gasteiger partial charge in [0, 0.05) is 6.92 Å². The van der Waals surface area contributed by atoms with E-state index >= 15 is 0 Å². The minimum atomic E-state index is -3.13. The molecule has 2 heterocycles. The van der Waals surface area contributed by atoms with E-state index in [4.69, 9.17) is 16.7 Å². The lowest BCUT2D eigenvalue weighted by Gasteiger charge is -2.12. The molecule has 0 bridgehead atoms. The molecule has 0 unspecified atom stereocenters. The topological polar surface area (TPSA) is 137 Å². The fourth-order valence-corrected chi connectivity index (χ4v) is 2.06. The van der Waals surface area contributed by atoms with Crippen molar-refractivity contribution < 1.29 is 13.9 Å². The maximum Gasteiger partial charge on any atom is 0.330 e. The summed E-state index contributed by atoms with van der Waals surface area (Å²) in [4.78, 5) is 19.9. The van der Waals surface area contributed by atoms with Gasteiger partial charge >= 0.3 is 5.69 Å². The van der Waals surface area contributed by atoms with E-state index < -0.39 is 18.2 Å². The van der Waals surface area contributed by atoms with Gasteiger partial charge in [0.25, 0.3) is 5.92 Å². The molecule has 0 spiro atoms. The summed E-state index contributed by atoms with van der Waals surface area (Å²) < 4.78 is 28.4. The summed E-state index contributed by atoms with van der Waals surface area (Å²) in [5.41, 5.74) is 6.99. The number of aliphatic hydroxyl groups is 1. The number of hydrazine groups is 1. The van der Waals surface area contributed by atoms with E-state index in [-0.39, 0.29) is 36.1 Å². The van der Waals surface area contributed by atoms with Crippen LogP contribution in [0.15, 0.2) is 4.79 Å². The highest BCUT2D eigenvalue weighted by Crippen LogP contribution is 2.23. The molecule has 0 saturated heterocycles. The van der Waals surface area contributed by atoms with E-state index in [0.717, 1.165) is 9.13 Å². The molecule has 9 nitrogen and oxygen atoms in total. The maximum atomic E-state index is 13.3. The standard InChI is InChI=1S/C10H15F2N7O2.C2H6/c1-10(11,12)4-19-5-6(17-14)15-8(13)16-7(5)18(2-3-20)9(19)21;1-2/h20H,2-4,14H2,1H3,(H3,13,15,16,17);1-2H3. The predicted octanol–water partition coefficient (Wildman–Crippen LogP) is 0.135. The molecular formula is C12H21F2N7O2. The minimum Gasteiger partial charge on any atom is -0.395 e. The molecular weight excluding hydrogens is 312 g/mol. The smallest absolute Gasteiger partial charge is 0.330 e. The van der Waals surface area contributed by atoms with Gasteiger partial charge in [-0.3, -0.25) is 9.13 Å². The highest BCUT2D eigenvalue weighted by Gasteiger charge is 2.28. The van der Waals surface area contributed by atoms with Gasteiger partial charge in [0.15, 0.2) is 11.5 Å². The van der Waals surface area contributed by atoms with Crippen LogP contribution >= 0.6 is 0 Å². The minimum absolute atomic E-state index is 0.00618. The summed E-state index contributed by atoms with van der Waals surface area (Å²) in [5, 5.41) is 9.01. The van der Waals surface area contributed by atoms with Crippen molar-refractivity contribution in [1.82, 2.24) is 19.1 Å². The highest BCUT2D eigenvalue weighted by atomic mass is 19.3. The van der Waals surface area contributed by atoms with Crippen LogP contribution in [-0.4, -0.2) is 36.7 Å². The Bertz CT molecular complexity index is 721. The average molecular weight is 333 g/mol. The second-order valence-corrected chi connectivity index (χ2v) is 4.56. The molecule has 130 valence electrons. The molecule has 0 aliphatic carbocycles. The number of fused-ring (bicyclic) bond motifs is 1. The first-order valence-corrected chi connectivity index (χ1v) is 7.00. The van der Waals surface area contributed by atoms with E-state index in [1.54, 1.807) is 0 Å². The first-order valence-electron chi connectivity index (χ1n) is 7.00. The van der Waals surface area contributed by atoms with Gasteiger partial charge in [-0.1, -0.05) is 13.8 Å². The molecule has 0 aliphatic heterocycles. The van der Waals surface area contributed by atoms with Crippen LogP contribution in [0, 0.1) is 0 Å². The zero-order chi connectivity index (χ0) is 17.8. The summed E-state index contributed by atoms with van der Waals surface area (Å²) in [5.74, 6) is 1.94. The van der Waals surface area contributed by atoms with Gasteiger partial charge in [-0.2, -0.15) is 9.97 Å². The van der Waals surface area contributed by atoms with Crippen LogP contribution < -0.4 is 22.7 Å². The van der Waals surface area contributed by atoms with Gasteiger partial charge in [-0.15, -0.1) is 0 Å². The zero-order valence-electron chi connectivity index (χ0n) is 13.2. The van der Waals surface area contributed by atoms with Crippen molar-refractivity contribution in [2.45, 2.75) is 39.8 Å². The lowest BCUT2D eigenvalue weighted by Crippen LogP contribution is -2.31. The van der Waals surface area contributed by atoms with Crippen molar-refractivity contribution in [1.29, 1.82) is 0 Å². The van der Waals surface area contributed by atoms with Crippen LogP contribution in [-0.2, 0) is 13.1 Å². The van der Waals surface area contributed by atoms with Crippen LogP contribution in [0.4, 0.5) is 20.5 Å². The summed E-state index contributed by atoms with van der Waals surface area (Å²) in [7, 11) is 0. The van der Waals surface area contributed by atoms with Crippen LogP contribution in [0.25, 0.3) is 11.2 Å². The number of aliphatic hydroxyl groups excluding tert-OH is 1. The molecule has 0 aromatic carbocycles. The molecule has 23 heavy (non-hydrogen) atoms. The summed E-state index contributed by atoms with van der Waals surface area (Å²) in [6.07, 6.45) is 0. The van der Waals surface area contributed by atoms with Gasteiger partial charge in [0.1, 0.15) is 5.52 Å². The van der Waals surface area contributed by atoms with E-state index in [1.165, 1.54) is 0 Å². The number of hydrogen-bond acceptors (Lipinski definition) is 7. The fourth-order valence-electron chi connectivity index (χ4n) is 2.06. The van der Waals surface area contributed by atoms with Crippen LogP contribution in [0.5, 0.6) is 0 Å². The average Bonchev–Trinajstić information content (AvgIpc) is 2.73. The molecule has 2 aromatic rings. The second-order valence-electron chi connectivity index (χ2n) is 4.56. The number of aromatic nitrogens is 4. The maximum absolute atomic E-state index is 13.3. The lowest BCUT2D eigenvalue weighted by atomic mass is 10.3. The Hall–Kier alpha value is -2.27. The van der Waals surface area contributed by atoms with Crippen molar-refractivity contribution in [3.8, 4) is 0 Å². The lowest BCUT2D eigenvalue weighted by molar-refractivity contribution is 0.00395. The molecule has 11 heteroatoms. The second kappa shape index (κ2) is 7.33. The van der Waals surface area contributed by atoms with Crippen molar-refractivity contribution >= 4 is 22.9 Å². The van der Waals surface area contributed by atoms with Crippen molar-refractivity contribution in [3.63, 3.8) is 0 Å². The van der Waals surface area contributed by atoms with Gasteiger partial charge in [0.05, 0.1) is 19.7 Å². The Morgan fingerprint density at radius 2 is 1.91 bits per heavy atom. The molecule has 0 aliphatic rings. The van der Waals surface area contributed by atoms with Gasteiger partial charge < -0.3 is 16.3 Å². The van der Waals surface area contributed by atoms with Gasteiger partial charge in [-0.25, -0.2) is 19.4 Å². The fraction of sp³-hybridized carbons (Fsp3) is 0.583. The first-order chi connectivity index (χ1) is 10.8. The van der Waals surface area contributed by atoms with E-state index in [0.29, 0.717) is 6.92 Å². The Morgan fingerprint density at radius 3 is 2.39 bits per heavy atom. The monoisotopic (exact) mass is 333 g/mol. The Labute approximate surface area is 130 Å². The number of imidazole rings is 1. The number of nitrogens with zero attached hydrogens (tertiary/aromatic N) is 4. The zero-order valence-corrected chi connectivity index (χ0v) is 13.2. The third-order valence-electron chi connectivity index (χ3n) is 2.77. The summed E-state index contributed by atoms with van der Waals surface area (Å²) in [6, 6.07) is 0. The summed E-state index contributed by atoms with van der Waals surface area (Å²) >= 11 is 0. The Kier molecular flexibility index (Phi) is 5.98. The highest BCUT2D eigenvalue weighted by molar-refractivity contribution is 5.84. The molecule has 0 amide bonds. The SMILES string of the molecule is CC.CC(F)(F)Cn1c(=O)n(CCO)c2nc(N)nc(NN)c21. The van der Waals surface area contributed by atoms with E-state index in [2.05, 4.69) is 15.4 Å². The summed E-state index contributed by atoms with van der Waals surface area (Å²) in [6.45, 7) is 3.33. The van der Waals surface area contributed by atoms with Crippen molar-refractivity contribution in [2.75, 3.05) is 17.8 Å². The van der Waals surface area contributed by atoms with Crippen LogP contribution in [0.3, 0.4) is 0 Å². The number of nitrogens with one attached hydrogen (secondary N) is 1. The molecule has 2 aromatic heterocycles. The third-order valence-corrected chi connectivity index (χ3v) is 2.77. The quantitative estimate of drug-likeness (QED) is 0.451. The molecule has 0 atom stereocenters. The number of halogens is 2. The molecule has 6 N–H and O–H groups in total. The Balaban J connectivity index is 0.00000127. The van der Waals surface area contributed by atoms with Gasteiger partial charge in [-0.05, 0) is 0 Å². The molecule has 0 saturated carbocycles. The molecule has 0 radical (unpaired) electrons. The number of hydrogen-bond donors (Lipinski definition) is 4. The molecule has 0 fully saturated rings. The number of rotatable bonds is 5. The van der Waals surface area contributed by atoms with Crippen molar-refractivity contribution in [3.05, 3.63) is 10.5 Å². The Morgan fingerprint density at radius 1 is 1.30 bits per heavy atom. The van der Waals surface area contributed by atoms with Crippen LogP contribution in [0.1, 0.15) is 20.8 Å². The molecule has 2 rings (SSSR count). The normalized spacial score (nSPS) is 11.3. The first kappa shape index (κ1) is 18.8. The number of alkyl halides is 2. The van der Waals surface area contributed by atoms with E-state index in [1.807, 2.05) is 13.8 Å². The van der Waals surface area contributed by atoms with Crippen molar-refractivity contribution in [2.24, 2.45) is 5.84 Å². The van der Waals surface area contributed by atoms with Gasteiger partial charge in [0.2, 0.25) is 5.95 Å². The number of nitrogens with two attached hydrogens (primary N) is 2. The third kappa shape index (κ3) is 3.93. The van der Waals surface area contributed by atoms with E-state index in [9.17, 15) is 13.6 Å².